The van der Waals surface area contributed by atoms with Gasteiger partial charge in [0.1, 0.15) is 0 Å². The molecular weight excluding hydrogens is 284 g/mol. The van der Waals surface area contributed by atoms with Gasteiger partial charge in [0.2, 0.25) is 0 Å². The smallest absolute Gasteiger partial charge is 0.175 e. The third kappa shape index (κ3) is 3.73. The van der Waals surface area contributed by atoms with Crippen molar-refractivity contribution in [3.8, 4) is 11.1 Å². The molecule has 0 aliphatic carbocycles. The van der Waals surface area contributed by atoms with E-state index in [9.17, 15) is 5.21 Å². The molecule has 1 fully saturated rings. The number of oxime groups is 1. The number of nitrogens with zero attached hydrogens (tertiary/aromatic N) is 2. The lowest BCUT2D eigenvalue weighted by Crippen LogP contribution is -2.34. The van der Waals surface area contributed by atoms with Gasteiger partial charge >= 0.3 is 0 Å². The van der Waals surface area contributed by atoms with Crippen LogP contribution in [0.5, 0.6) is 0 Å². The van der Waals surface area contributed by atoms with Gasteiger partial charge < -0.3 is 10.1 Å². The molecule has 1 saturated heterocycles. The van der Waals surface area contributed by atoms with Crippen LogP contribution in [0.25, 0.3) is 11.1 Å². The summed E-state index contributed by atoms with van der Waals surface area (Å²) in [5.74, 6) is 0.700. The molecule has 120 valence electrons. The summed E-state index contributed by atoms with van der Waals surface area (Å²) in [5.41, 5.74) is 3.26. The number of benzene rings is 2. The van der Waals surface area contributed by atoms with E-state index in [0.29, 0.717) is 5.84 Å². The summed E-state index contributed by atoms with van der Waals surface area (Å²) in [6, 6.07) is 18.5. The molecule has 3 heteroatoms. The fraction of sp³-hybridized carbons (Fsp3) is 0.350. The van der Waals surface area contributed by atoms with E-state index in [1.54, 1.807) is 0 Å². The van der Waals surface area contributed by atoms with E-state index >= 15 is 0 Å². The molecule has 0 unspecified atom stereocenters. The second-order valence-corrected chi connectivity index (χ2v) is 6.09. The van der Waals surface area contributed by atoms with Crippen molar-refractivity contribution in [3.63, 3.8) is 0 Å². The van der Waals surface area contributed by atoms with Crippen molar-refractivity contribution >= 4 is 5.84 Å². The Morgan fingerprint density at radius 1 is 0.783 bits per heavy atom. The fourth-order valence-electron chi connectivity index (χ4n) is 3.29. The summed E-state index contributed by atoms with van der Waals surface area (Å²) >= 11 is 0. The molecule has 0 spiro atoms. The topological polar surface area (TPSA) is 35.8 Å². The van der Waals surface area contributed by atoms with Gasteiger partial charge in [-0.1, -0.05) is 79.0 Å². The van der Waals surface area contributed by atoms with Gasteiger partial charge in [0.05, 0.1) is 0 Å². The molecule has 2 aromatic rings. The zero-order valence-corrected chi connectivity index (χ0v) is 13.5. The normalized spacial score (nSPS) is 16.7. The largest absolute Gasteiger partial charge is 0.409 e. The molecule has 0 atom stereocenters. The van der Waals surface area contributed by atoms with Crippen molar-refractivity contribution in [2.45, 2.75) is 32.1 Å². The number of hydrogen-bond acceptors (Lipinski definition) is 2. The van der Waals surface area contributed by atoms with Gasteiger partial charge in [-0.3, -0.25) is 0 Å². The predicted octanol–water partition coefficient (Wildman–Crippen LogP) is 4.76. The lowest BCUT2D eigenvalue weighted by Gasteiger charge is -2.28. The number of likely N-dealkylation sites (tertiary alicyclic amines) is 1. The molecule has 0 bridgehead atoms. The van der Waals surface area contributed by atoms with E-state index in [2.05, 4.69) is 34.3 Å². The van der Waals surface area contributed by atoms with Gasteiger partial charge in [-0.15, -0.1) is 0 Å². The second-order valence-electron chi connectivity index (χ2n) is 6.09. The summed E-state index contributed by atoms with van der Waals surface area (Å²) in [7, 11) is 0. The van der Waals surface area contributed by atoms with Gasteiger partial charge in [0, 0.05) is 18.7 Å². The molecular formula is C20H24N2O. The van der Waals surface area contributed by atoms with E-state index in [0.717, 1.165) is 42.6 Å². The van der Waals surface area contributed by atoms with Crippen LogP contribution in [-0.2, 0) is 0 Å². The zero-order chi connectivity index (χ0) is 15.9. The van der Waals surface area contributed by atoms with Crippen molar-refractivity contribution in [2.24, 2.45) is 5.16 Å². The first-order chi connectivity index (χ1) is 11.4. The van der Waals surface area contributed by atoms with Gasteiger partial charge in [-0.05, 0) is 24.0 Å². The van der Waals surface area contributed by atoms with Crippen molar-refractivity contribution in [2.75, 3.05) is 13.1 Å². The molecule has 23 heavy (non-hydrogen) atoms. The van der Waals surface area contributed by atoms with Gasteiger partial charge in [-0.2, -0.15) is 0 Å². The van der Waals surface area contributed by atoms with E-state index in [4.69, 9.17) is 0 Å². The summed E-state index contributed by atoms with van der Waals surface area (Å²) < 4.78 is 0. The van der Waals surface area contributed by atoms with E-state index in [-0.39, 0.29) is 0 Å². The van der Waals surface area contributed by atoms with Crippen molar-refractivity contribution in [3.05, 3.63) is 60.2 Å². The average Bonchev–Trinajstić information content (AvgIpc) is 2.58. The Morgan fingerprint density at radius 3 is 2.09 bits per heavy atom. The molecule has 1 N–H and O–H groups in total. The molecule has 1 aliphatic rings. The third-order valence-electron chi connectivity index (χ3n) is 4.50. The second kappa shape index (κ2) is 7.82. The first-order valence-electron chi connectivity index (χ1n) is 8.52. The van der Waals surface area contributed by atoms with Crippen LogP contribution in [0.1, 0.15) is 37.7 Å². The molecule has 1 heterocycles. The van der Waals surface area contributed by atoms with Crippen LogP contribution >= 0.6 is 0 Å². The highest BCUT2D eigenvalue weighted by molar-refractivity contribution is 6.04. The Bertz CT molecular complexity index is 644. The minimum absolute atomic E-state index is 0.700. The molecule has 1 aliphatic heterocycles. The summed E-state index contributed by atoms with van der Waals surface area (Å²) in [6.45, 7) is 1.92. The maximum Gasteiger partial charge on any atom is 0.175 e. The maximum absolute atomic E-state index is 9.71. The van der Waals surface area contributed by atoms with Crippen molar-refractivity contribution in [1.82, 2.24) is 4.90 Å². The van der Waals surface area contributed by atoms with E-state index in [1.165, 1.54) is 19.3 Å². The van der Waals surface area contributed by atoms with Crippen LogP contribution in [-0.4, -0.2) is 29.0 Å². The highest BCUT2D eigenvalue weighted by Gasteiger charge is 2.18. The monoisotopic (exact) mass is 308 g/mol. The van der Waals surface area contributed by atoms with Crippen molar-refractivity contribution < 1.29 is 5.21 Å². The average molecular weight is 308 g/mol. The molecule has 0 saturated carbocycles. The Labute approximate surface area is 138 Å². The Hall–Kier alpha value is -2.29. The first-order valence-corrected chi connectivity index (χ1v) is 8.52. The van der Waals surface area contributed by atoms with E-state index < -0.39 is 0 Å². The maximum atomic E-state index is 9.71. The molecule has 0 radical (unpaired) electrons. The minimum atomic E-state index is 0.700. The summed E-state index contributed by atoms with van der Waals surface area (Å²) in [5, 5.41) is 13.4. The Balaban J connectivity index is 1.95. The highest BCUT2D eigenvalue weighted by Crippen LogP contribution is 2.25. The Morgan fingerprint density at radius 2 is 1.39 bits per heavy atom. The lowest BCUT2D eigenvalue weighted by molar-refractivity contribution is 0.292. The van der Waals surface area contributed by atoms with Crippen LogP contribution < -0.4 is 0 Å². The van der Waals surface area contributed by atoms with Crippen LogP contribution in [0, 0.1) is 0 Å². The quantitative estimate of drug-likeness (QED) is 0.376. The third-order valence-corrected chi connectivity index (χ3v) is 4.50. The van der Waals surface area contributed by atoms with Crippen molar-refractivity contribution in [1.29, 1.82) is 0 Å². The number of rotatable bonds is 2. The number of amidine groups is 1. The van der Waals surface area contributed by atoms with Gasteiger partial charge in [-0.25, -0.2) is 0 Å². The van der Waals surface area contributed by atoms with Gasteiger partial charge in [0.25, 0.3) is 0 Å². The zero-order valence-electron chi connectivity index (χ0n) is 13.5. The van der Waals surface area contributed by atoms with Crippen LogP contribution in [0.2, 0.25) is 0 Å². The molecule has 0 aromatic heterocycles. The SMILES string of the molecule is O/N=C(/c1ccccc1-c1ccccc1)N1CCCCCCC1. The lowest BCUT2D eigenvalue weighted by atomic mass is 9.98. The minimum Gasteiger partial charge on any atom is -0.409 e. The van der Waals surface area contributed by atoms with Crippen LogP contribution in [0.15, 0.2) is 59.8 Å². The van der Waals surface area contributed by atoms with Crippen LogP contribution in [0.4, 0.5) is 0 Å². The summed E-state index contributed by atoms with van der Waals surface area (Å²) in [4.78, 5) is 2.24. The highest BCUT2D eigenvalue weighted by atomic mass is 16.4. The molecule has 3 nitrogen and oxygen atoms in total. The molecule has 0 amide bonds. The summed E-state index contributed by atoms with van der Waals surface area (Å²) in [6.07, 6.45) is 6.16. The van der Waals surface area contributed by atoms with E-state index in [1.807, 2.05) is 30.3 Å². The first kappa shape index (κ1) is 15.6. The standard InChI is InChI=1S/C20H24N2O/c23-21-20(22-15-9-2-1-3-10-16-22)19-14-8-7-13-18(19)17-11-5-4-6-12-17/h4-8,11-14,23H,1-3,9-10,15-16H2/b21-20-. The predicted molar refractivity (Wildman–Crippen MR) is 94.9 cm³/mol. The number of hydrogen-bond donors (Lipinski definition) is 1. The van der Waals surface area contributed by atoms with Crippen LogP contribution in [0.3, 0.4) is 0 Å². The Kier molecular flexibility index (Phi) is 5.30. The molecule has 2 aromatic carbocycles. The fourth-order valence-corrected chi connectivity index (χ4v) is 3.29. The molecule has 3 rings (SSSR count). The van der Waals surface area contributed by atoms with Gasteiger partial charge in [0.15, 0.2) is 5.84 Å².